The van der Waals surface area contributed by atoms with E-state index in [4.69, 9.17) is 13.9 Å². The molecule has 1 atom stereocenters. The first-order valence-electron chi connectivity index (χ1n) is 13.2. The van der Waals surface area contributed by atoms with E-state index in [2.05, 4.69) is 4.99 Å². The number of hydrogen-bond acceptors (Lipinski definition) is 7. The summed E-state index contributed by atoms with van der Waals surface area (Å²) in [6, 6.07) is 14.3. The Morgan fingerprint density at radius 2 is 1.90 bits per heavy atom. The molecule has 0 bridgehead atoms. The summed E-state index contributed by atoms with van der Waals surface area (Å²) in [5.41, 5.74) is 0.273. The van der Waals surface area contributed by atoms with Gasteiger partial charge in [0.05, 0.1) is 34.1 Å². The van der Waals surface area contributed by atoms with E-state index in [1.54, 1.807) is 44.2 Å². The van der Waals surface area contributed by atoms with E-state index in [9.17, 15) is 22.8 Å². The molecule has 5 rings (SSSR count). The van der Waals surface area contributed by atoms with Crippen molar-refractivity contribution in [3.05, 3.63) is 109 Å². The highest BCUT2D eigenvalue weighted by Gasteiger charge is 2.35. The maximum atomic E-state index is 13.9. The standard InChI is InChI=1S/C31H27F3N2O5S/c1-5-39-29(38)26-18(4)35-30-36(27(26)22-11-6-7-12-24(22)40-17(2)3)28(37)25(42-30)16-21-13-14-23(41-21)19-9-8-10-20(15-19)31(32,33)34/h6-17,27H,5H2,1-4H3. The molecular formula is C31H27F3N2O5S. The third-order valence-corrected chi connectivity index (χ3v) is 7.45. The molecule has 2 aromatic heterocycles. The second-order valence-electron chi connectivity index (χ2n) is 9.79. The van der Waals surface area contributed by atoms with Gasteiger partial charge in [-0.05, 0) is 58.0 Å². The predicted molar refractivity (Wildman–Crippen MR) is 152 cm³/mol. The Bertz CT molecular complexity index is 1860. The van der Waals surface area contributed by atoms with Crippen molar-refractivity contribution in [2.75, 3.05) is 6.61 Å². The number of nitrogens with zero attached hydrogens (tertiary/aromatic N) is 2. The number of aromatic nitrogens is 1. The molecule has 0 saturated carbocycles. The van der Waals surface area contributed by atoms with Crippen molar-refractivity contribution in [3.8, 4) is 17.1 Å². The molecular weight excluding hydrogens is 569 g/mol. The SMILES string of the molecule is CCOC(=O)C1=C(C)N=c2sc(=Cc3ccc(-c4cccc(C(F)(F)F)c4)o3)c(=O)n2C1c1ccccc1OC(C)C. The Balaban J connectivity index is 1.63. The number of allylic oxidation sites excluding steroid dienone is 1. The number of thiazole rings is 1. The molecule has 4 aromatic rings. The number of alkyl halides is 3. The van der Waals surface area contributed by atoms with Crippen molar-refractivity contribution in [2.24, 2.45) is 4.99 Å². The van der Waals surface area contributed by atoms with Gasteiger partial charge in [0, 0.05) is 17.2 Å². The van der Waals surface area contributed by atoms with Crippen LogP contribution in [0.2, 0.25) is 0 Å². The highest BCUT2D eigenvalue weighted by atomic mass is 32.1. The molecule has 1 unspecified atom stereocenters. The molecule has 2 aromatic carbocycles. The van der Waals surface area contributed by atoms with Crippen molar-refractivity contribution in [1.29, 1.82) is 0 Å². The van der Waals surface area contributed by atoms with Crippen LogP contribution >= 0.6 is 11.3 Å². The van der Waals surface area contributed by atoms with Gasteiger partial charge in [-0.3, -0.25) is 9.36 Å². The molecule has 42 heavy (non-hydrogen) atoms. The molecule has 218 valence electrons. The second-order valence-corrected chi connectivity index (χ2v) is 10.8. The maximum absolute atomic E-state index is 13.9. The molecule has 0 aliphatic carbocycles. The van der Waals surface area contributed by atoms with Gasteiger partial charge in [-0.2, -0.15) is 13.2 Å². The summed E-state index contributed by atoms with van der Waals surface area (Å²) in [6.07, 6.45) is -3.14. The number of furan rings is 1. The normalized spacial score (nSPS) is 15.5. The fraction of sp³-hybridized carbons (Fsp3) is 0.258. The zero-order chi connectivity index (χ0) is 30.2. The summed E-state index contributed by atoms with van der Waals surface area (Å²) in [4.78, 5) is 32.0. The Morgan fingerprint density at radius 1 is 1.14 bits per heavy atom. The Kier molecular flexibility index (Phi) is 7.96. The van der Waals surface area contributed by atoms with Gasteiger partial charge < -0.3 is 13.9 Å². The van der Waals surface area contributed by atoms with E-state index in [1.165, 1.54) is 22.8 Å². The molecule has 7 nitrogen and oxygen atoms in total. The zero-order valence-electron chi connectivity index (χ0n) is 23.2. The number of esters is 1. The number of halogens is 3. The van der Waals surface area contributed by atoms with Crippen LogP contribution < -0.4 is 19.6 Å². The topological polar surface area (TPSA) is 83.0 Å². The van der Waals surface area contributed by atoms with Crippen LogP contribution in [-0.4, -0.2) is 23.2 Å². The molecule has 1 aliphatic heterocycles. The van der Waals surface area contributed by atoms with Crippen LogP contribution in [0.25, 0.3) is 17.4 Å². The van der Waals surface area contributed by atoms with Crippen molar-refractivity contribution < 1.29 is 31.9 Å². The van der Waals surface area contributed by atoms with E-state index < -0.39 is 29.3 Å². The summed E-state index contributed by atoms with van der Waals surface area (Å²) in [5.74, 6) is 0.418. The molecule has 1 aliphatic rings. The number of para-hydroxylation sites is 1. The first-order valence-corrected chi connectivity index (χ1v) is 14.0. The quantitative estimate of drug-likeness (QED) is 0.250. The van der Waals surface area contributed by atoms with Crippen LogP contribution in [0.4, 0.5) is 13.2 Å². The Labute approximate surface area is 242 Å². The highest BCUT2D eigenvalue weighted by molar-refractivity contribution is 7.07. The van der Waals surface area contributed by atoms with Gasteiger partial charge in [0.25, 0.3) is 5.56 Å². The third-order valence-electron chi connectivity index (χ3n) is 6.47. The third kappa shape index (κ3) is 5.69. The smallest absolute Gasteiger partial charge is 0.416 e. The van der Waals surface area contributed by atoms with Crippen LogP contribution in [0.3, 0.4) is 0 Å². The zero-order valence-corrected chi connectivity index (χ0v) is 24.0. The lowest BCUT2D eigenvalue weighted by molar-refractivity contribution is -0.139. The van der Waals surface area contributed by atoms with E-state index >= 15 is 0 Å². The fourth-order valence-corrected chi connectivity index (χ4v) is 5.74. The number of fused-ring (bicyclic) bond motifs is 1. The van der Waals surface area contributed by atoms with Gasteiger partial charge in [0.15, 0.2) is 4.80 Å². The summed E-state index contributed by atoms with van der Waals surface area (Å²) < 4.78 is 58.5. The lowest BCUT2D eigenvalue weighted by Gasteiger charge is -2.26. The van der Waals surface area contributed by atoms with Crippen molar-refractivity contribution in [1.82, 2.24) is 4.57 Å². The Hall–Kier alpha value is -4.38. The summed E-state index contributed by atoms with van der Waals surface area (Å²) in [7, 11) is 0. The lowest BCUT2D eigenvalue weighted by Crippen LogP contribution is -2.40. The van der Waals surface area contributed by atoms with Crippen molar-refractivity contribution in [2.45, 2.75) is 46.0 Å². The maximum Gasteiger partial charge on any atom is 0.416 e. The lowest BCUT2D eigenvalue weighted by atomic mass is 9.95. The van der Waals surface area contributed by atoms with Crippen LogP contribution in [0.5, 0.6) is 5.75 Å². The number of benzene rings is 2. The highest BCUT2D eigenvalue weighted by Crippen LogP contribution is 2.36. The fourth-order valence-electron chi connectivity index (χ4n) is 4.72. The van der Waals surface area contributed by atoms with Gasteiger partial charge in [0.2, 0.25) is 0 Å². The number of rotatable bonds is 7. The van der Waals surface area contributed by atoms with Gasteiger partial charge in [-0.25, -0.2) is 9.79 Å². The van der Waals surface area contributed by atoms with Crippen molar-refractivity contribution >= 4 is 23.4 Å². The van der Waals surface area contributed by atoms with Gasteiger partial charge in [-0.15, -0.1) is 0 Å². The molecule has 0 amide bonds. The van der Waals surface area contributed by atoms with Gasteiger partial charge >= 0.3 is 12.1 Å². The molecule has 0 N–H and O–H groups in total. The van der Waals surface area contributed by atoms with E-state index in [1.807, 2.05) is 19.9 Å². The largest absolute Gasteiger partial charge is 0.491 e. The number of hydrogen-bond donors (Lipinski definition) is 0. The van der Waals surface area contributed by atoms with Crippen LogP contribution in [0, 0.1) is 0 Å². The minimum Gasteiger partial charge on any atom is -0.491 e. The van der Waals surface area contributed by atoms with Crippen molar-refractivity contribution in [3.63, 3.8) is 0 Å². The first kappa shape index (κ1) is 29.1. The Morgan fingerprint density at radius 3 is 2.62 bits per heavy atom. The average molecular weight is 597 g/mol. The number of carbonyl (C=O) groups excluding carboxylic acids is 1. The van der Waals surface area contributed by atoms with Crippen LogP contribution in [-0.2, 0) is 15.7 Å². The van der Waals surface area contributed by atoms with E-state index in [-0.39, 0.29) is 39.9 Å². The summed E-state index contributed by atoms with van der Waals surface area (Å²) in [5, 5.41) is 0. The average Bonchev–Trinajstić information content (AvgIpc) is 3.52. The number of ether oxygens (including phenoxy) is 2. The molecule has 3 heterocycles. The second kappa shape index (κ2) is 11.5. The van der Waals surface area contributed by atoms with E-state index in [0.717, 1.165) is 23.5 Å². The number of carbonyl (C=O) groups is 1. The first-order chi connectivity index (χ1) is 20.0. The summed E-state index contributed by atoms with van der Waals surface area (Å²) in [6.45, 7) is 7.30. The van der Waals surface area contributed by atoms with Crippen LogP contribution in [0.15, 0.2) is 86.1 Å². The molecule has 0 saturated heterocycles. The molecule has 0 radical (unpaired) electrons. The van der Waals surface area contributed by atoms with E-state index in [0.29, 0.717) is 21.8 Å². The molecule has 11 heteroatoms. The predicted octanol–water partition coefficient (Wildman–Crippen LogP) is 5.86. The minimum atomic E-state index is -4.49. The monoisotopic (exact) mass is 596 g/mol. The molecule has 0 spiro atoms. The summed E-state index contributed by atoms with van der Waals surface area (Å²) >= 11 is 1.11. The van der Waals surface area contributed by atoms with Gasteiger partial charge in [-0.1, -0.05) is 41.7 Å². The molecule has 0 fully saturated rings. The van der Waals surface area contributed by atoms with Gasteiger partial charge in [0.1, 0.15) is 23.3 Å². The van der Waals surface area contributed by atoms with Crippen LogP contribution in [0.1, 0.15) is 50.6 Å². The minimum absolute atomic E-state index is 0.142.